The summed E-state index contributed by atoms with van der Waals surface area (Å²) in [5.74, 6) is 0. The maximum Gasteiger partial charge on any atom is 0.0613 e. The fourth-order valence-electron chi connectivity index (χ4n) is 0.962. The van der Waals surface area contributed by atoms with Crippen LogP contribution in [0.4, 0.5) is 0 Å². The summed E-state index contributed by atoms with van der Waals surface area (Å²) >= 11 is 0. The van der Waals surface area contributed by atoms with Crippen LogP contribution in [0.2, 0.25) is 0 Å². The van der Waals surface area contributed by atoms with Crippen molar-refractivity contribution in [2.45, 2.75) is 38.8 Å². The molecule has 0 bridgehead atoms. The van der Waals surface area contributed by atoms with Crippen LogP contribution in [0, 0.1) is 0 Å². The third-order valence-electron chi connectivity index (χ3n) is 1.55. The first-order chi connectivity index (χ1) is 5.66. The molecule has 0 heterocycles. The Morgan fingerprint density at radius 1 is 1.33 bits per heavy atom. The highest BCUT2D eigenvalue weighted by Gasteiger charge is 2.01. The smallest absolute Gasteiger partial charge is 0.0613 e. The average Bonchev–Trinajstić information content (AvgIpc) is 1.98. The Balaban J connectivity index is 3.08. The van der Waals surface area contributed by atoms with E-state index in [0.29, 0.717) is 12.7 Å². The average molecular weight is 175 g/mol. The van der Waals surface area contributed by atoms with Crippen LogP contribution in [0.5, 0.6) is 0 Å². The van der Waals surface area contributed by atoms with Crippen LogP contribution >= 0.6 is 0 Å². The van der Waals surface area contributed by atoms with Gasteiger partial charge in [0.25, 0.3) is 0 Å². The van der Waals surface area contributed by atoms with E-state index in [4.69, 9.17) is 15.2 Å². The molecule has 2 N–H and O–H groups in total. The molecule has 0 aliphatic heterocycles. The molecule has 0 radical (unpaired) electrons. The standard InChI is InChI=1S/C9H21NO2/c1-8(2)12-6-4-5-9(10)7-11-3/h8-9H,4-7,10H2,1-3H3. The van der Waals surface area contributed by atoms with E-state index >= 15 is 0 Å². The van der Waals surface area contributed by atoms with Gasteiger partial charge in [0.1, 0.15) is 0 Å². The van der Waals surface area contributed by atoms with Gasteiger partial charge in [0.15, 0.2) is 0 Å². The molecule has 0 spiro atoms. The molecule has 0 aliphatic rings. The molecular formula is C9H21NO2. The first kappa shape index (κ1) is 11.9. The second kappa shape index (κ2) is 7.53. The molecular weight excluding hydrogens is 154 g/mol. The Morgan fingerprint density at radius 3 is 2.50 bits per heavy atom. The Bertz CT molecular complexity index is 96.5. The minimum Gasteiger partial charge on any atom is -0.383 e. The Morgan fingerprint density at radius 2 is 2.00 bits per heavy atom. The van der Waals surface area contributed by atoms with Crippen LogP contribution in [0.3, 0.4) is 0 Å². The van der Waals surface area contributed by atoms with Crippen molar-refractivity contribution < 1.29 is 9.47 Å². The zero-order valence-electron chi connectivity index (χ0n) is 8.38. The van der Waals surface area contributed by atoms with Crippen LogP contribution in [0.15, 0.2) is 0 Å². The lowest BCUT2D eigenvalue weighted by molar-refractivity contribution is 0.0729. The number of hydrogen-bond acceptors (Lipinski definition) is 3. The third-order valence-corrected chi connectivity index (χ3v) is 1.55. The molecule has 1 atom stereocenters. The van der Waals surface area contributed by atoms with Gasteiger partial charge in [0.2, 0.25) is 0 Å². The summed E-state index contributed by atoms with van der Waals surface area (Å²) in [7, 11) is 1.67. The van der Waals surface area contributed by atoms with Gasteiger partial charge in [-0.05, 0) is 26.7 Å². The van der Waals surface area contributed by atoms with Crippen molar-refractivity contribution >= 4 is 0 Å². The van der Waals surface area contributed by atoms with E-state index in [2.05, 4.69) is 0 Å². The second-order valence-electron chi connectivity index (χ2n) is 3.28. The lowest BCUT2D eigenvalue weighted by atomic mass is 10.2. The van der Waals surface area contributed by atoms with Gasteiger partial charge in [-0.1, -0.05) is 0 Å². The van der Waals surface area contributed by atoms with Crippen LogP contribution in [-0.4, -0.2) is 32.5 Å². The van der Waals surface area contributed by atoms with Crippen molar-refractivity contribution in [2.75, 3.05) is 20.3 Å². The van der Waals surface area contributed by atoms with Crippen molar-refractivity contribution in [3.63, 3.8) is 0 Å². The zero-order chi connectivity index (χ0) is 9.40. The predicted octanol–water partition coefficient (Wildman–Crippen LogP) is 1.17. The van der Waals surface area contributed by atoms with E-state index in [-0.39, 0.29) is 6.04 Å². The number of hydrogen-bond donors (Lipinski definition) is 1. The summed E-state index contributed by atoms with van der Waals surface area (Å²) in [4.78, 5) is 0. The van der Waals surface area contributed by atoms with E-state index in [9.17, 15) is 0 Å². The van der Waals surface area contributed by atoms with E-state index in [1.807, 2.05) is 13.8 Å². The van der Waals surface area contributed by atoms with Gasteiger partial charge < -0.3 is 15.2 Å². The maximum absolute atomic E-state index is 5.72. The van der Waals surface area contributed by atoms with Crippen LogP contribution < -0.4 is 5.73 Å². The van der Waals surface area contributed by atoms with Crippen molar-refractivity contribution in [1.29, 1.82) is 0 Å². The van der Waals surface area contributed by atoms with Crippen molar-refractivity contribution in [1.82, 2.24) is 0 Å². The SMILES string of the molecule is COCC(N)CCCOC(C)C. The molecule has 3 heteroatoms. The molecule has 0 saturated heterocycles. The highest BCUT2D eigenvalue weighted by atomic mass is 16.5. The molecule has 74 valence electrons. The maximum atomic E-state index is 5.72. The van der Waals surface area contributed by atoms with Crippen molar-refractivity contribution in [2.24, 2.45) is 5.73 Å². The van der Waals surface area contributed by atoms with Crippen LogP contribution in [-0.2, 0) is 9.47 Å². The fourth-order valence-corrected chi connectivity index (χ4v) is 0.962. The Kier molecular flexibility index (Phi) is 7.45. The van der Waals surface area contributed by atoms with E-state index in [1.54, 1.807) is 7.11 Å². The van der Waals surface area contributed by atoms with Gasteiger partial charge in [-0.25, -0.2) is 0 Å². The third kappa shape index (κ3) is 7.98. The Labute approximate surface area is 75.2 Å². The van der Waals surface area contributed by atoms with Gasteiger partial charge >= 0.3 is 0 Å². The van der Waals surface area contributed by atoms with Crippen molar-refractivity contribution in [3.05, 3.63) is 0 Å². The van der Waals surface area contributed by atoms with Crippen LogP contribution in [0.25, 0.3) is 0 Å². The molecule has 0 amide bonds. The van der Waals surface area contributed by atoms with Gasteiger partial charge in [-0.15, -0.1) is 0 Å². The quantitative estimate of drug-likeness (QED) is 0.591. The lowest BCUT2D eigenvalue weighted by Crippen LogP contribution is -2.25. The van der Waals surface area contributed by atoms with Crippen LogP contribution in [0.1, 0.15) is 26.7 Å². The highest BCUT2D eigenvalue weighted by Crippen LogP contribution is 1.97. The van der Waals surface area contributed by atoms with E-state index in [1.165, 1.54) is 0 Å². The predicted molar refractivity (Wildman–Crippen MR) is 50.2 cm³/mol. The molecule has 0 rings (SSSR count). The summed E-state index contributed by atoms with van der Waals surface area (Å²) in [6.45, 7) is 5.51. The fraction of sp³-hybridized carbons (Fsp3) is 1.00. The molecule has 12 heavy (non-hydrogen) atoms. The minimum atomic E-state index is 0.158. The molecule has 0 saturated carbocycles. The molecule has 0 aromatic rings. The summed E-state index contributed by atoms with van der Waals surface area (Å²) in [6.07, 6.45) is 2.31. The zero-order valence-corrected chi connectivity index (χ0v) is 8.38. The summed E-state index contributed by atoms with van der Waals surface area (Å²) in [5.41, 5.74) is 5.72. The lowest BCUT2D eigenvalue weighted by Gasteiger charge is -2.11. The minimum absolute atomic E-state index is 0.158. The topological polar surface area (TPSA) is 44.5 Å². The molecule has 3 nitrogen and oxygen atoms in total. The first-order valence-corrected chi connectivity index (χ1v) is 4.53. The molecule has 0 aromatic heterocycles. The van der Waals surface area contributed by atoms with E-state index in [0.717, 1.165) is 19.4 Å². The number of nitrogens with two attached hydrogens (primary N) is 1. The summed E-state index contributed by atoms with van der Waals surface area (Å²) < 4.78 is 10.3. The monoisotopic (exact) mass is 175 g/mol. The highest BCUT2D eigenvalue weighted by molar-refractivity contribution is 4.58. The van der Waals surface area contributed by atoms with Gasteiger partial charge in [-0.2, -0.15) is 0 Å². The number of rotatable bonds is 7. The molecule has 0 aromatic carbocycles. The van der Waals surface area contributed by atoms with E-state index < -0.39 is 0 Å². The van der Waals surface area contributed by atoms with Crippen molar-refractivity contribution in [3.8, 4) is 0 Å². The molecule has 0 fully saturated rings. The molecule has 1 unspecified atom stereocenters. The number of methoxy groups -OCH3 is 1. The largest absolute Gasteiger partial charge is 0.383 e. The number of ether oxygens (including phenoxy) is 2. The second-order valence-corrected chi connectivity index (χ2v) is 3.28. The first-order valence-electron chi connectivity index (χ1n) is 4.53. The molecule has 0 aliphatic carbocycles. The summed E-state index contributed by atoms with van der Waals surface area (Å²) in [6, 6.07) is 0.158. The van der Waals surface area contributed by atoms with Gasteiger partial charge in [-0.3, -0.25) is 0 Å². The normalized spacial score (nSPS) is 13.8. The summed E-state index contributed by atoms with van der Waals surface area (Å²) in [5, 5.41) is 0. The van der Waals surface area contributed by atoms with Gasteiger partial charge in [0, 0.05) is 19.8 Å². The van der Waals surface area contributed by atoms with Gasteiger partial charge in [0.05, 0.1) is 12.7 Å². The Hall–Kier alpha value is -0.120.